The Labute approximate surface area is 130 Å². The molecule has 0 radical (unpaired) electrons. The van der Waals surface area contributed by atoms with Crippen LogP contribution in [0.2, 0.25) is 5.02 Å². The largest absolute Gasteiger partial charge is 0.259 e. The van der Waals surface area contributed by atoms with Gasteiger partial charge < -0.3 is 0 Å². The monoisotopic (exact) mass is 304 g/mol. The van der Waals surface area contributed by atoms with Gasteiger partial charge in [-0.3, -0.25) is 4.90 Å². The summed E-state index contributed by atoms with van der Waals surface area (Å²) in [4.78, 5) is 6.96. The Kier molecular flexibility index (Phi) is 4.36. The highest BCUT2D eigenvalue weighted by atomic mass is 35.5. The summed E-state index contributed by atoms with van der Waals surface area (Å²) < 4.78 is 0. The Morgan fingerprint density at radius 2 is 1.95 bits per heavy atom. The number of hydrogen-bond acceptors (Lipinski definition) is 4. The van der Waals surface area contributed by atoms with E-state index in [1.165, 1.54) is 31.2 Å². The Morgan fingerprint density at radius 3 is 2.57 bits per heavy atom. The zero-order valence-electron chi connectivity index (χ0n) is 12.4. The number of likely N-dealkylation sites (tertiary alicyclic amines) is 1. The molecule has 112 valence electrons. The van der Waals surface area contributed by atoms with Crippen LogP contribution in [0.1, 0.15) is 36.8 Å². The lowest BCUT2D eigenvalue weighted by atomic mass is 10.0. The average Bonchev–Trinajstić information content (AvgIpc) is 2.76. The van der Waals surface area contributed by atoms with E-state index in [-0.39, 0.29) is 0 Å². The lowest BCUT2D eigenvalue weighted by Gasteiger charge is -2.34. The van der Waals surface area contributed by atoms with E-state index >= 15 is 0 Å². The van der Waals surface area contributed by atoms with Crippen molar-refractivity contribution in [2.75, 3.05) is 13.1 Å². The van der Waals surface area contributed by atoms with Crippen LogP contribution in [0.4, 0.5) is 0 Å². The van der Waals surface area contributed by atoms with E-state index in [2.05, 4.69) is 32.3 Å². The number of halogens is 1. The van der Waals surface area contributed by atoms with Gasteiger partial charge in [0.2, 0.25) is 5.79 Å². The third-order valence-electron chi connectivity index (χ3n) is 4.28. The Balaban J connectivity index is 1.87. The molecule has 0 aliphatic carbocycles. The predicted molar refractivity (Wildman–Crippen MR) is 86.0 cm³/mol. The molecule has 1 unspecified atom stereocenters. The van der Waals surface area contributed by atoms with Gasteiger partial charge in [0.05, 0.1) is 0 Å². The first kappa shape index (κ1) is 14.7. The minimum Gasteiger partial charge on any atom is -0.259 e. The molecule has 2 aliphatic heterocycles. The van der Waals surface area contributed by atoms with Gasteiger partial charge in [-0.2, -0.15) is 0 Å². The molecular weight excluding hydrogens is 284 g/mol. The molecule has 2 aliphatic rings. The van der Waals surface area contributed by atoms with Crippen molar-refractivity contribution in [2.24, 2.45) is 15.2 Å². The van der Waals surface area contributed by atoms with Gasteiger partial charge in [0.15, 0.2) is 0 Å². The van der Waals surface area contributed by atoms with Gasteiger partial charge in [0, 0.05) is 24.5 Å². The van der Waals surface area contributed by atoms with Crippen molar-refractivity contribution in [3.63, 3.8) is 0 Å². The number of nitrogens with zero attached hydrogens (tertiary/aromatic N) is 4. The molecule has 1 fully saturated rings. The molecule has 0 spiro atoms. The third kappa shape index (κ3) is 3.16. The summed E-state index contributed by atoms with van der Waals surface area (Å²) in [5.74, 6) is -0.580. The van der Waals surface area contributed by atoms with Crippen molar-refractivity contribution in [3.05, 3.63) is 34.3 Å². The second kappa shape index (κ2) is 6.24. The van der Waals surface area contributed by atoms with Crippen LogP contribution in [0.3, 0.4) is 0 Å². The summed E-state index contributed by atoms with van der Waals surface area (Å²) in [6.07, 6.45) is 7.25. The van der Waals surface area contributed by atoms with Crippen molar-refractivity contribution in [2.45, 2.75) is 44.8 Å². The fraction of sp³-hybridized carbons (Fsp3) is 0.562. The van der Waals surface area contributed by atoms with E-state index in [0.717, 1.165) is 23.7 Å². The highest BCUT2D eigenvalue weighted by Crippen LogP contribution is 2.32. The zero-order valence-corrected chi connectivity index (χ0v) is 13.2. The highest BCUT2D eigenvalue weighted by molar-refractivity contribution is 6.31. The van der Waals surface area contributed by atoms with Crippen LogP contribution in [0, 0.1) is 6.92 Å². The number of aliphatic imine (C=N–C) groups is 1. The quantitative estimate of drug-likeness (QED) is 0.824. The first-order valence-corrected chi connectivity index (χ1v) is 8.03. The standard InChI is InChI=1S/C16H21ClN4/c1-13-6-7-14(15(17)10-13)11-16(18-12-19-20-16)21-8-4-2-3-5-9-21/h6-7,10,12H,2-5,8-9,11H2,1H3. The first-order chi connectivity index (χ1) is 10.2. The molecule has 0 amide bonds. The Morgan fingerprint density at radius 1 is 1.19 bits per heavy atom. The van der Waals surface area contributed by atoms with E-state index < -0.39 is 5.79 Å². The van der Waals surface area contributed by atoms with Crippen LogP contribution in [0.25, 0.3) is 0 Å². The topological polar surface area (TPSA) is 40.3 Å². The van der Waals surface area contributed by atoms with Gasteiger partial charge >= 0.3 is 0 Å². The van der Waals surface area contributed by atoms with Crippen LogP contribution in [0.15, 0.2) is 33.4 Å². The van der Waals surface area contributed by atoms with Crippen LogP contribution < -0.4 is 0 Å². The number of hydrogen-bond donors (Lipinski definition) is 0. The van der Waals surface area contributed by atoms with Crippen molar-refractivity contribution >= 4 is 17.9 Å². The minimum atomic E-state index is -0.580. The van der Waals surface area contributed by atoms with Crippen LogP contribution in [-0.2, 0) is 6.42 Å². The second-order valence-electron chi connectivity index (χ2n) is 5.91. The summed E-state index contributed by atoms with van der Waals surface area (Å²) in [6, 6.07) is 6.18. The van der Waals surface area contributed by atoms with E-state index in [1.54, 1.807) is 6.34 Å². The van der Waals surface area contributed by atoms with E-state index in [9.17, 15) is 0 Å². The molecule has 5 heteroatoms. The van der Waals surface area contributed by atoms with Crippen molar-refractivity contribution in [1.82, 2.24) is 4.90 Å². The highest BCUT2D eigenvalue weighted by Gasteiger charge is 2.39. The number of aryl methyl sites for hydroxylation is 1. The van der Waals surface area contributed by atoms with Crippen molar-refractivity contribution in [1.29, 1.82) is 0 Å². The lowest BCUT2D eigenvalue weighted by molar-refractivity contribution is 0.106. The summed E-state index contributed by atoms with van der Waals surface area (Å²) in [6.45, 7) is 4.10. The number of rotatable bonds is 3. The molecule has 21 heavy (non-hydrogen) atoms. The van der Waals surface area contributed by atoms with Gasteiger partial charge in [0.1, 0.15) is 6.34 Å². The maximum absolute atomic E-state index is 6.40. The summed E-state index contributed by atoms with van der Waals surface area (Å²) in [5.41, 5.74) is 2.26. The normalized spacial score (nSPS) is 26.2. The van der Waals surface area contributed by atoms with Crippen LogP contribution in [-0.4, -0.2) is 30.1 Å². The molecule has 2 heterocycles. The smallest absolute Gasteiger partial charge is 0.232 e. The molecular formula is C16H21ClN4. The molecule has 4 nitrogen and oxygen atoms in total. The molecule has 0 bridgehead atoms. The number of benzene rings is 1. The van der Waals surface area contributed by atoms with Gasteiger partial charge in [-0.25, -0.2) is 4.99 Å². The third-order valence-corrected chi connectivity index (χ3v) is 4.63. The molecule has 0 aromatic heterocycles. The Hall–Kier alpha value is -1.26. The molecule has 0 N–H and O–H groups in total. The van der Waals surface area contributed by atoms with E-state index in [0.29, 0.717) is 6.42 Å². The summed E-state index contributed by atoms with van der Waals surface area (Å²) in [7, 11) is 0. The summed E-state index contributed by atoms with van der Waals surface area (Å²) in [5, 5.41) is 9.29. The van der Waals surface area contributed by atoms with Crippen LogP contribution >= 0.6 is 11.6 Å². The zero-order chi connectivity index (χ0) is 14.7. The fourth-order valence-electron chi connectivity index (χ4n) is 3.08. The SMILES string of the molecule is Cc1ccc(CC2(N3CCCCCC3)N=CN=N2)c(Cl)c1. The van der Waals surface area contributed by atoms with Gasteiger partial charge in [-0.15, -0.1) is 10.2 Å². The first-order valence-electron chi connectivity index (χ1n) is 7.65. The van der Waals surface area contributed by atoms with Gasteiger partial charge in [-0.1, -0.05) is 36.6 Å². The second-order valence-corrected chi connectivity index (χ2v) is 6.31. The molecule has 1 atom stereocenters. The Bertz CT molecular complexity index is 547. The van der Waals surface area contributed by atoms with Gasteiger partial charge in [-0.05, 0) is 37.0 Å². The molecule has 1 aromatic carbocycles. The predicted octanol–water partition coefficient (Wildman–Crippen LogP) is 4.21. The minimum absolute atomic E-state index is 0.580. The molecule has 3 rings (SSSR count). The van der Waals surface area contributed by atoms with E-state index in [4.69, 9.17) is 11.6 Å². The average molecular weight is 305 g/mol. The molecule has 1 saturated heterocycles. The van der Waals surface area contributed by atoms with Crippen molar-refractivity contribution in [3.8, 4) is 0 Å². The lowest BCUT2D eigenvalue weighted by Crippen LogP contribution is -2.47. The maximum atomic E-state index is 6.40. The van der Waals surface area contributed by atoms with Crippen LogP contribution in [0.5, 0.6) is 0 Å². The molecule has 1 aromatic rings. The van der Waals surface area contributed by atoms with E-state index in [1.807, 2.05) is 13.0 Å². The molecule has 0 saturated carbocycles. The fourth-order valence-corrected chi connectivity index (χ4v) is 3.38. The summed E-state index contributed by atoms with van der Waals surface area (Å²) >= 11 is 6.40. The van der Waals surface area contributed by atoms with Gasteiger partial charge in [0.25, 0.3) is 0 Å². The van der Waals surface area contributed by atoms with Crippen molar-refractivity contribution < 1.29 is 0 Å². The number of azo groups is 1. The maximum Gasteiger partial charge on any atom is 0.232 e.